The Labute approximate surface area is 199 Å². The molecule has 4 aromatic rings. The Kier molecular flexibility index (Phi) is 6.13. The first kappa shape index (κ1) is 23.2. The number of pyridine rings is 1. The van der Waals surface area contributed by atoms with Gasteiger partial charge < -0.3 is 14.9 Å². The van der Waals surface area contributed by atoms with Crippen molar-refractivity contribution >= 4 is 55.7 Å². The van der Waals surface area contributed by atoms with Crippen molar-refractivity contribution in [1.29, 1.82) is 0 Å². The molecular weight excluding hydrogens is 492 g/mol. The van der Waals surface area contributed by atoms with E-state index >= 15 is 0 Å². The summed E-state index contributed by atoms with van der Waals surface area (Å²) in [6, 6.07) is 9.36. The minimum Gasteiger partial charge on any atom is -0.478 e. The third-order valence-electron chi connectivity index (χ3n) is 4.86. The number of hydrogen-bond acceptors (Lipinski definition) is 6. The number of nitrogens with two attached hydrogens (primary N) is 1. The summed E-state index contributed by atoms with van der Waals surface area (Å²) in [4.78, 5) is 4.20. The van der Waals surface area contributed by atoms with E-state index in [4.69, 9.17) is 38.1 Å². The molecule has 0 bridgehead atoms. The van der Waals surface area contributed by atoms with Crippen LogP contribution in [0.2, 0.25) is 10.0 Å². The molecule has 0 aliphatic carbocycles. The molecule has 0 fully saturated rings. The molecule has 0 amide bonds. The second kappa shape index (κ2) is 8.74. The van der Waals surface area contributed by atoms with Crippen molar-refractivity contribution in [3.05, 3.63) is 70.3 Å². The molecule has 2 aromatic carbocycles. The standard InChI is InChI=1S/C22H18Cl2FN3O4S/c1-11(18-16(23)6-7-17(25)19(18)24)32-21-20-14(9-27-22(21)26)15(10-31-20)12-4-3-5-13(8-12)28-33(2,29)30/h3-11,28H,1-2H3,(H2,26,27). The van der Waals surface area contributed by atoms with Crippen LogP contribution in [0.3, 0.4) is 0 Å². The zero-order valence-electron chi connectivity index (χ0n) is 17.4. The van der Waals surface area contributed by atoms with Crippen molar-refractivity contribution < 1.29 is 22.0 Å². The van der Waals surface area contributed by atoms with Gasteiger partial charge in [0, 0.05) is 28.0 Å². The molecule has 0 saturated carbocycles. The number of furan rings is 1. The smallest absolute Gasteiger partial charge is 0.229 e. The lowest BCUT2D eigenvalue weighted by Gasteiger charge is -2.18. The Bertz CT molecular complexity index is 1470. The van der Waals surface area contributed by atoms with Gasteiger partial charge in [0.1, 0.15) is 11.9 Å². The van der Waals surface area contributed by atoms with Gasteiger partial charge in [-0.25, -0.2) is 17.8 Å². The van der Waals surface area contributed by atoms with Gasteiger partial charge in [-0.05, 0) is 36.8 Å². The number of ether oxygens (including phenoxy) is 1. The molecule has 0 saturated heterocycles. The third kappa shape index (κ3) is 4.71. The average Bonchev–Trinajstić information content (AvgIpc) is 3.16. The van der Waals surface area contributed by atoms with Crippen LogP contribution in [0.15, 0.2) is 53.3 Å². The van der Waals surface area contributed by atoms with Crippen LogP contribution in [0.1, 0.15) is 18.6 Å². The molecule has 7 nitrogen and oxygen atoms in total. The predicted octanol–water partition coefficient (Wildman–Crippen LogP) is 6.03. The topological polar surface area (TPSA) is 107 Å². The highest BCUT2D eigenvalue weighted by Gasteiger charge is 2.23. The summed E-state index contributed by atoms with van der Waals surface area (Å²) >= 11 is 12.3. The van der Waals surface area contributed by atoms with E-state index in [9.17, 15) is 12.8 Å². The number of nitrogen functional groups attached to an aromatic ring is 1. The van der Waals surface area contributed by atoms with Crippen LogP contribution in [0, 0.1) is 5.82 Å². The highest BCUT2D eigenvalue weighted by Crippen LogP contribution is 2.41. The molecule has 2 aromatic heterocycles. The number of halogens is 3. The van der Waals surface area contributed by atoms with Crippen molar-refractivity contribution in [2.75, 3.05) is 16.7 Å². The quantitative estimate of drug-likeness (QED) is 0.307. The predicted molar refractivity (Wildman–Crippen MR) is 128 cm³/mol. The van der Waals surface area contributed by atoms with Crippen LogP contribution in [-0.2, 0) is 10.0 Å². The highest BCUT2D eigenvalue weighted by atomic mass is 35.5. The van der Waals surface area contributed by atoms with E-state index in [-0.39, 0.29) is 27.2 Å². The number of anilines is 2. The van der Waals surface area contributed by atoms with Gasteiger partial charge in [0.25, 0.3) is 0 Å². The van der Waals surface area contributed by atoms with Crippen LogP contribution in [-0.4, -0.2) is 19.7 Å². The van der Waals surface area contributed by atoms with E-state index in [2.05, 4.69) is 9.71 Å². The average molecular weight is 510 g/mol. The Hall–Kier alpha value is -3.01. The van der Waals surface area contributed by atoms with Crippen LogP contribution < -0.4 is 15.2 Å². The molecule has 0 aliphatic heterocycles. The van der Waals surface area contributed by atoms with E-state index < -0.39 is 21.9 Å². The van der Waals surface area contributed by atoms with Gasteiger partial charge in [0.05, 0.1) is 22.9 Å². The van der Waals surface area contributed by atoms with E-state index in [1.807, 2.05) is 0 Å². The lowest BCUT2D eigenvalue weighted by Crippen LogP contribution is -2.09. The summed E-state index contributed by atoms with van der Waals surface area (Å²) in [5, 5.41) is 0.673. The van der Waals surface area contributed by atoms with Gasteiger partial charge in [-0.2, -0.15) is 0 Å². The van der Waals surface area contributed by atoms with Crippen LogP contribution >= 0.6 is 23.2 Å². The first-order chi connectivity index (χ1) is 15.5. The van der Waals surface area contributed by atoms with E-state index in [0.29, 0.717) is 27.8 Å². The molecule has 1 atom stereocenters. The van der Waals surface area contributed by atoms with Gasteiger partial charge in [-0.15, -0.1) is 0 Å². The van der Waals surface area contributed by atoms with Gasteiger partial charge in [-0.1, -0.05) is 35.3 Å². The molecule has 2 heterocycles. The van der Waals surface area contributed by atoms with Gasteiger partial charge >= 0.3 is 0 Å². The van der Waals surface area contributed by atoms with E-state index in [1.165, 1.54) is 24.6 Å². The molecule has 0 radical (unpaired) electrons. The molecule has 33 heavy (non-hydrogen) atoms. The van der Waals surface area contributed by atoms with Crippen molar-refractivity contribution in [3.8, 4) is 16.9 Å². The molecule has 1 unspecified atom stereocenters. The second-order valence-electron chi connectivity index (χ2n) is 7.34. The Morgan fingerprint density at radius 3 is 2.73 bits per heavy atom. The summed E-state index contributed by atoms with van der Waals surface area (Å²) in [6.45, 7) is 1.65. The molecule has 0 aliphatic rings. The third-order valence-corrected chi connectivity index (χ3v) is 6.18. The Morgan fingerprint density at radius 2 is 2.00 bits per heavy atom. The summed E-state index contributed by atoms with van der Waals surface area (Å²) in [6.07, 6.45) is 3.32. The van der Waals surface area contributed by atoms with Crippen molar-refractivity contribution in [2.45, 2.75) is 13.0 Å². The maximum atomic E-state index is 14.0. The fourth-order valence-electron chi connectivity index (χ4n) is 3.43. The summed E-state index contributed by atoms with van der Waals surface area (Å²) in [5.74, 6) is -0.418. The van der Waals surface area contributed by atoms with Crippen LogP contribution in [0.4, 0.5) is 15.9 Å². The number of rotatable bonds is 6. The number of fused-ring (bicyclic) bond motifs is 1. The number of aromatic nitrogens is 1. The molecule has 4 rings (SSSR count). The maximum Gasteiger partial charge on any atom is 0.229 e. The molecule has 11 heteroatoms. The largest absolute Gasteiger partial charge is 0.478 e. The van der Waals surface area contributed by atoms with E-state index in [0.717, 1.165) is 6.26 Å². The Morgan fingerprint density at radius 1 is 1.24 bits per heavy atom. The summed E-state index contributed by atoms with van der Waals surface area (Å²) in [7, 11) is -3.44. The van der Waals surface area contributed by atoms with Gasteiger partial charge in [0.15, 0.2) is 11.4 Å². The minimum atomic E-state index is -3.44. The van der Waals surface area contributed by atoms with Crippen molar-refractivity contribution in [3.63, 3.8) is 0 Å². The number of hydrogen-bond donors (Lipinski definition) is 2. The maximum absolute atomic E-state index is 14.0. The van der Waals surface area contributed by atoms with Crippen molar-refractivity contribution in [2.24, 2.45) is 0 Å². The molecule has 3 N–H and O–H groups in total. The number of nitrogens with zero attached hydrogens (tertiary/aromatic N) is 1. The summed E-state index contributed by atoms with van der Waals surface area (Å²) in [5.41, 5.74) is 8.35. The number of benzene rings is 2. The SMILES string of the molecule is CC(Oc1c(N)ncc2c(-c3cccc(NS(C)(=O)=O)c3)coc12)c1c(Cl)ccc(F)c1Cl. The fourth-order valence-corrected chi connectivity index (χ4v) is 4.67. The number of nitrogens with one attached hydrogen (secondary N) is 1. The van der Waals surface area contributed by atoms with Gasteiger partial charge in [-0.3, -0.25) is 4.72 Å². The first-order valence-electron chi connectivity index (χ1n) is 9.59. The van der Waals surface area contributed by atoms with Crippen LogP contribution in [0.5, 0.6) is 5.75 Å². The first-order valence-corrected chi connectivity index (χ1v) is 12.2. The van der Waals surface area contributed by atoms with Gasteiger partial charge in [0.2, 0.25) is 15.8 Å². The lowest BCUT2D eigenvalue weighted by atomic mass is 10.1. The molecule has 172 valence electrons. The zero-order valence-corrected chi connectivity index (χ0v) is 19.7. The lowest BCUT2D eigenvalue weighted by molar-refractivity contribution is 0.227. The normalized spacial score (nSPS) is 12.6. The number of sulfonamides is 1. The van der Waals surface area contributed by atoms with E-state index in [1.54, 1.807) is 31.2 Å². The molecular formula is C22H18Cl2FN3O4S. The second-order valence-corrected chi connectivity index (χ2v) is 9.87. The van der Waals surface area contributed by atoms with Crippen molar-refractivity contribution in [1.82, 2.24) is 4.98 Å². The minimum absolute atomic E-state index is 0.0615. The fraction of sp³-hybridized carbons (Fsp3) is 0.136. The molecule has 0 spiro atoms. The monoisotopic (exact) mass is 509 g/mol. The highest BCUT2D eigenvalue weighted by molar-refractivity contribution is 7.92. The zero-order chi connectivity index (χ0) is 23.9. The Balaban J connectivity index is 1.75. The van der Waals surface area contributed by atoms with Crippen LogP contribution in [0.25, 0.3) is 22.1 Å². The summed E-state index contributed by atoms with van der Waals surface area (Å²) < 4.78 is 51.3.